The number of nitrogens with zero attached hydrogens (tertiary/aromatic N) is 4. The number of benzene rings is 1. The molecule has 3 rings (SSSR count). The molecule has 0 saturated heterocycles. The molecule has 1 aromatic carbocycles. The maximum Gasteiger partial charge on any atom is 0.446 e. The van der Waals surface area contributed by atoms with Crippen LogP contribution in [0.3, 0.4) is 0 Å². The molecule has 14 heteroatoms. The van der Waals surface area contributed by atoms with Crippen molar-refractivity contribution in [1.82, 2.24) is 24.8 Å². The Labute approximate surface area is 157 Å². The third-order valence-electron chi connectivity index (χ3n) is 3.44. The highest BCUT2D eigenvalue weighted by Gasteiger charge is 2.22. The van der Waals surface area contributed by atoms with E-state index in [9.17, 15) is 13.2 Å². The summed E-state index contributed by atoms with van der Waals surface area (Å²) < 4.78 is 34.4. The highest BCUT2D eigenvalue weighted by atomic mass is 35.5. The van der Waals surface area contributed by atoms with Crippen LogP contribution in [0.1, 0.15) is 5.56 Å². The van der Waals surface area contributed by atoms with Gasteiger partial charge in [-0.2, -0.15) is 8.42 Å². The molecule has 0 spiro atoms. The summed E-state index contributed by atoms with van der Waals surface area (Å²) in [6, 6.07) is 4.98. The van der Waals surface area contributed by atoms with Gasteiger partial charge in [0.15, 0.2) is 5.69 Å². The number of halogens is 1. The average molecular weight is 416 g/mol. The largest absolute Gasteiger partial charge is 0.446 e. The third-order valence-corrected chi connectivity index (χ3v) is 4.45. The second kappa shape index (κ2) is 7.48. The van der Waals surface area contributed by atoms with Gasteiger partial charge in [0.05, 0.1) is 5.69 Å². The molecule has 27 heavy (non-hydrogen) atoms. The molecule has 144 valence electrons. The highest BCUT2D eigenvalue weighted by Crippen LogP contribution is 2.25. The molecule has 0 atom stereocenters. The van der Waals surface area contributed by atoms with Crippen molar-refractivity contribution in [2.45, 2.75) is 6.92 Å². The lowest BCUT2D eigenvalue weighted by Gasteiger charge is -2.06. The SMILES string of the molecule is Cc1ccc(-n2c(-c3nonc3NCCNS(N)(=O)=O)noc2=O)cc1Cl. The molecule has 0 aliphatic heterocycles. The molecule has 0 aliphatic carbocycles. The predicted octanol–water partition coefficient (Wildman–Crippen LogP) is 0.0423. The molecule has 0 aliphatic rings. The Kier molecular flexibility index (Phi) is 5.27. The lowest BCUT2D eigenvalue weighted by Crippen LogP contribution is -2.34. The molecular formula is C13H14ClN7O5S. The van der Waals surface area contributed by atoms with Crippen LogP contribution in [-0.4, -0.2) is 41.5 Å². The minimum atomic E-state index is -3.81. The average Bonchev–Trinajstić information content (AvgIpc) is 3.19. The lowest BCUT2D eigenvalue weighted by molar-refractivity contribution is 0.309. The van der Waals surface area contributed by atoms with Crippen molar-refractivity contribution in [3.05, 3.63) is 39.3 Å². The monoisotopic (exact) mass is 415 g/mol. The van der Waals surface area contributed by atoms with Gasteiger partial charge < -0.3 is 5.32 Å². The molecule has 2 heterocycles. The second-order valence-corrected chi connectivity index (χ2v) is 7.15. The van der Waals surface area contributed by atoms with Gasteiger partial charge in [0.2, 0.25) is 11.6 Å². The van der Waals surface area contributed by atoms with Gasteiger partial charge >= 0.3 is 5.76 Å². The minimum absolute atomic E-state index is 0.00960. The van der Waals surface area contributed by atoms with Gasteiger partial charge in [0.1, 0.15) is 0 Å². The zero-order valence-corrected chi connectivity index (χ0v) is 15.4. The maximum atomic E-state index is 12.1. The Balaban J connectivity index is 1.89. The van der Waals surface area contributed by atoms with Crippen molar-refractivity contribution in [2.75, 3.05) is 18.4 Å². The van der Waals surface area contributed by atoms with E-state index in [2.05, 4.69) is 25.5 Å². The first-order valence-electron chi connectivity index (χ1n) is 7.45. The van der Waals surface area contributed by atoms with Crippen LogP contribution < -0.4 is 20.9 Å². The van der Waals surface area contributed by atoms with Crippen LogP contribution in [0.5, 0.6) is 0 Å². The number of hydrogen-bond donors (Lipinski definition) is 3. The van der Waals surface area contributed by atoms with Crippen LogP contribution in [0.4, 0.5) is 5.82 Å². The quantitative estimate of drug-likeness (QED) is 0.450. The van der Waals surface area contributed by atoms with Crippen LogP contribution in [0.25, 0.3) is 17.2 Å². The van der Waals surface area contributed by atoms with E-state index in [0.717, 1.165) is 10.1 Å². The summed E-state index contributed by atoms with van der Waals surface area (Å²) in [6.45, 7) is 1.93. The summed E-state index contributed by atoms with van der Waals surface area (Å²) >= 11 is 6.12. The van der Waals surface area contributed by atoms with Crippen molar-refractivity contribution in [1.29, 1.82) is 0 Å². The first-order chi connectivity index (χ1) is 12.8. The fourth-order valence-corrected chi connectivity index (χ4v) is 2.73. The number of nitrogens with one attached hydrogen (secondary N) is 2. The fraction of sp³-hybridized carbons (Fsp3) is 0.231. The van der Waals surface area contributed by atoms with Crippen molar-refractivity contribution in [3.63, 3.8) is 0 Å². The summed E-state index contributed by atoms with van der Waals surface area (Å²) in [7, 11) is -3.81. The Morgan fingerprint density at radius 2 is 2.04 bits per heavy atom. The summed E-state index contributed by atoms with van der Waals surface area (Å²) in [5, 5.41) is 19.2. The standard InChI is InChI=1S/C13H14ClN7O5S/c1-7-2-3-8(6-9(7)14)21-12(20-25-13(21)22)10-11(19-26-18-10)16-4-5-17-27(15,23)24/h2-3,6,17H,4-5H2,1H3,(H,16,19)(H2,15,23,24). The van der Waals surface area contributed by atoms with E-state index >= 15 is 0 Å². The fourth-order valence-electron chi connectivity index (χ4n) is 2.17. The van der Waals surface area contributed by atoms with Crippen molar-refractivity contribution < 1.29 is 17.6 Å². The van der Waals surface area contributed by atoms with E-state index < -0.39 is 16.0 Å². The van der Waals surface area contributed by atoms with E-state index in [1.165, 1.54) is 0 Å². The Morgan fingerprint density at radius 1 is 1.26 bits per heavy atom. The molecule has 0 bridgehead atoms. The van der Waals surface area contributed by atoms with Crippen LogP contribution in [0.2, 0.25) is 5.02 Å². The smallest absolute Gasteiger partial charge is 0.364 e. The number of aromatic nitrogens is 4. The normalized spacial score (nSPS) is 11.7. The van der Waals surface area contributed by atoms with Crippen LogP contribution in [0.15, 0.2) is 32.1 Å². The molecular weight excluding hydrogens is 402 g/mol. The number of anilines is 1. The predicted molar refractivity (Wildman–Crippen MR) is 94.7 cm³/mol. The highest BCUT2D eigenvalue weighted by molar-refractivity contribution is 7.87. The first kappa shape index (κ1) is 19.0. The van der Waals surface area contributed by atoms with Crippen LogP contribution in [0, 0.1) is 6.92 Å². The van der Waals surface area contributed by atoms with Crippen LogP contribution in [-0.2, 0) is 10.2 Å². The summed E-state index contributed by atoms with van der Waals surface area (Å²) in [5.41, 5.74) is 1.34. The number of nitrogens with two attached hydrogens (primary N) is 1. The van der Waals surface area contributed by atoms with Gasteiger partial charge in [0, 0.05) is 18.1 Å². The van der Waals surface area contributed by atoms with E-state index in [4.69, 9.17) is 25.9 Å². The zero-order chi connectivity index (χ0) is 19.6. The third kappa shape index (κ3) is 4.33. The molecule has 0 unspecified atom stereocenters. The molecule has 0 amide bonds. The van der Waals surface area contributed by atoms with E-state index in [1.807, 2.05) is 6.92 Å². The summed E-state index contributed by atoms with van der Waals surface area (Å²) in [5.74, 6) is -0.593. The summed E-state index contributed by atoms with van der Waals surface area (Å²) in [4.78, 5) is 12.1. The second-order valence-electron chi connectivity index (χ2n) is 5.37. The molecule has 2 aromatic heterocycles. The van der Waals surface area contributed by atoms with E-state index in [1.54, 1.807) is 18.2 Å². The van der Waals surface area contributed by atoms with E-state index in [-0.39, 0.29) is 30.4 Å². The molecule has 0 saturated carbocycles. The van der Waals surface area contributed by atoms with Gasteiger partial charge in [-0.15, -0.1) is 0 Å². The van der Waals surface area contributed by atoms with Gasteiger partial charge in [-0.1, -0.05) is 22.8 Å². The van der Waals surface area contributed by atoms with Crippen molar-refractivity contribution >= 4 is 27.6 Å². The molecule has 0 radical (unpaired) electrons. The number of aryl methyl sites for hydroxylation is 1. The minimum Gasteiger partial charge on any atom is -0.364 e. The zero-order valence-electron chi connectivity index (χ0n) is 13.8. The number of hydrogen-bond acceptors (Lipinski definition) is 9. The number of rotatable bonds is 7. The van der Waals surface area contributed by atoms with Crippen molar-refractivity contribution in [2.24, 2.45) is 5.14 Å². The first-order valence-corrected chi connectivity index (χ1v) is 9.38. The molecule has 4 N–H and O–H groups in total. The maximum absolute atomic E-state index is 12.1. The van der Waals surface area contributed by atoms with Gasteiger partial charge in [0.25, 0.3) is 10.2 Å². The topological polar surface area (TPSA) is 171 Å². The molecule has 0 fully saturated rings. The van der Waals surface area contributed by atoms with Gasteiger partial charge in [-0.3, -0.25) is 4.52 Å². The van der Waals surface area contributed by atoms with Crippen LogP contribution >= 0.6 is 11.6 Å². The summed E-state index contributed by atoms with van der Waals surface area (Å²) in [6.07, 6.45) is 0. The molecule has 3 aromatic rings. The Hall–Kier alpha value is -2.74. The Morgan fingerprint density at radius 3 is 2.74 bits per heavy atom. The van der Waals surface area contributed by atoms with Gasteiger partial charge in [-0.05, 0) is 34.9 Å². The Bertz CT molecular complexity index is 1120. The molecule has 12 nitrogen and oxygen atoms in total. The van der Waals surface area contributed by atoms with E-state index in [0.29, 0.717) is 10.7 Å². The van der Waals surface area contributed by atoms with Gasteiger partial charge in [-0.25, -0.2) is 23.9 Å². The van der Waals surface area contributed by atoms with Crippen molar-refractivity contribution in [3.8, 4) is 17.2 Å². The lowest BCUT2D eigenvalue weighted by atomic mass is 10.2.